The first kappa shape index (κ1) is 26.9. The lowest BCUT2D eigenvalue weighted by molar-refractivity contribution is -0.131. The summed E-state index contributed by atoms with van der Waals surface area (Å²) in [4.78, 5) is 42.4. The molecule has 1 aromatic heterocycles. The Morgan fingerprint density at radius 1 is 1.11 bits per heavy atom. The third-order valence-corrected chi connectivity index (χ3v) is 6.79. The Balaban J connectivity index is 1.34. The molecule has 0 unspecified atom stereocenters. The van der Waals surface area contributed by atoms with Crippen LogP contribution in [0.3, 0.4) is 0 Å². The van der Waals surface area contributed by atoms with Crippen molar-refractivity contribution in [1.82, 2.24) is 9.88 Å². The number of ether oxygens (including phenoxy) is 2. The van der Waals surface area contributed by atoms with Crippen molar-refractivity contribution in [1.29, 1.82) is 0 Å². The topological polar surface area (TPSA) is 130 Å². The number of likely N-dealkylation sites (tertiary alicyclic amines) is 1. The Kier molecular flexibility index (Phi) is 8.80. The number of methoxy groups -OCH3 is 1. The first-order valence-corrected chi connectivity index (χ1v) is 12.7. The summed E-state index contributed by atoms with van der Waals surface area (Å²) in [6.07, 6.45) is 3.08. The number of anilines is 2. The summed E-state index contributed by atoms with van der Waals surface area (Å²) in [7, 11) is 1.50. The number of carbonyl (C=O) groups excluding carboxylic acids is 2. The van der Waals surface area contributed by atoms with E-state index in [1.54, 1.807) is 29.2 Å². The Hall–Kier alpha value is -4.12. The van der Waals surface area contributed by atoms with Gasteiger partial charge >= 0.3 is 12.0 Å². The smallest absolute Gasteiger partial charge is 0.337 e. The molecule has 3 aromatic rings. The van der Waals surface area contributed by atoms with Crippen LogP contribution in [0, 0.1) is 0 Å². The number of hydrogen-bond donors (Lipinski definition) is 3. The number of aromatic nitrogens is 1. The van der Waals surface area contributed by atoms with Crippen molar-refractivity contribution in [3.8, 4) is 11.6 Å². The predicted octanol–water partition coefficient (Wildman–Crippen LogP) is 4.81. The molecule has 2 heterocycles. The second-order valence-electron chi connectivity index (χ2n) is 8.65. The number of halogens is 1. The standard InChI is InChI=1S/C27H27BrN4O6/c1-37-23-13-17(8-10-22(23)31-27(36)30-21-7-3-2-6-20(21)28)14-25(33)32-12-4-5-19(32)16-38-24-11-9-18(15-29-24)26(34)35/h2-3,6-11,13,15,19H,4-5,12,14,16H2,1H3,(H,34,35)(H2,30,31,36)/t19-/m0/s1. The third-order valence-electron chi connectivity index (χ3n) is 6.10. The number of rotatable bonds is 9. The molecule has 11 heteroatoms. The van der Waals surface area contributed by atoms with E-state index >= 15 is 0 Å². The lowest BCUT2D eigenvalue weighted by Crippen LogP contribution is -2.40. The Morgan fingerprint density at radius 3 is 2.61 bits per heavy atom. The molecule has 2 aromatic carbocycles. The number of carboxylic acid groups (broad SMARTS) is 1. The van der Waals surface area contributed by atoms with Crippen LogP contribution in [0.1, 0.15) is 28.8 Å². The van der Waals surface area contributed by atoms with Gasteiger partial charge in [-0.25, -0.2) is 14.6 Å². The van der Waals surface area contributed by atoms with Crippen molar-refractivity contribution in [3.63, 3.8) is 0 Å². The van der Waals surface area contributed by atoms with Crippen LogP contribution in [0.25, 0.3) is 0 Å². The minimum Gasteiger partial charge on any atom is -0.495 e. The van der Waals surface area contributed by atoms with E-state index in [2.05, 4.69) is 31.5 Å². The first-order chi connectivity index (χ1) is 18.3. The molecule has 1 saturated heterocycles. The fourth-order valence-corrected chi connectivity index (χ4v) is 4.56. The zero-order chi connectivity index (χ0) is 27.1. The van der Waals surface area contributed by atoms with Gasteiger partial charge in [0.1, 0.15) is 12.4 Å². The van der Waals surface area contributed by atoms with Crippen LogP contribution in [0.4, 0.5) is 16.2 Å². The number of aromatic carboxylic acids is 1. The van der Waals surface area contributed by atoms with E-state index in [4.69, 9.17) is 14.6 Å². The number of hydrogen-bond acceptors (Lipinski definition) is 6. The van der Waals surface area contributed by atoms with E-state index < -0.39 is 12.0 Å². The summed E-state index contributed by atoms with van der Waals surface area (Å²) < 4.78 is 11.9. The number of carboxylic acids is 1. The third kappa shape index (κ3) is 6.80. The molecule has 4 rings (SSSR count). The van der Waals surface area contributed by atoms with E-state index in [9.17, 15) is 14.4 Å². The summed E-state index contributed by atoms with van der Waals surface area (Å²) >= 11 is 3.40. The molecule has 0 spiro atoms. The Labute approximate surface area is 228 Å². The van der Waals surface area contributed by atoms with Crippen molar-refractivity contribution < 1.29 is 29.0 Å². The molecular weight excluding hydrogens is 556 g/mol. The SMILES string of the molecule is COc1cc(CC(=O)N2CCC[C@H]2COc2ccc(C(=O)O)cn2)ccc1NC(=O)Nc1ccccc1Br. The summed E-state index contributed by atoms with van der Waals surface area (Å²) in [5, 5.41) is 14.5. The van der Waals surface area contributed by atoms with Crippen molar-refractivity contribution in [3.05, 3.63) is 76.4 Å². The maximum Gasteiger partial charge on any atom is 0.337 e. The molecule has 1 aliphatic rings. The van der Waals surface area contributed by atoms with Gasteiger partial charge in [0.25, 0.3) is 0 Å². The van der Waals surface area contributed by atoms with Gasteiger partial charge in [-0.3, -0.25) is 4.79 Å². The Bertz CT molecular complexity index is 1320. The molecule has 10 nitrogen and oxygen atoms in total. The monoisotopic (exact) mass is 582 g/mol. The van der Waals surface area contributed by atoms with E-state index in [1.807, 2.05) is 18.2 Å². The first-order valence-electron chi connectivity index (χ1n) is 11.9. The van der Waals surface area contributed by atoms with Gasteiger partial charge in [-0.1, -0.05) is 18.2 Å². The number of benzene rings is 2. The Morgan fingerprint density at radius 2 is 1.89 bits per heavy atom. The van der Waals surface area contributed by atoms with Crippen molar-refractivity contribution in [2.24, 2.45) is 0 Å². The van der Waals surface area contributed by atoms with Crippen LogP contribution >= 0.6 is 15.9 Å². The zero-order valence-electron chi connectivity index (χ0n) is 20.6. The molecule has 1 fully saturated rings. The quantitative estimate of drug-likeness (QED) is 0.330. The highest BCUT2D eigenvalue weighted by atomic mass is 79.9. The average Bonchev–Trinajstić information content (AvgIpc) is 3.39. The van der Waals surface area contributed by atoms with Gasteiger partial charge in [0.2, 0.25) is 11.8 Å². The molecule has 1 atom stereocenters. The second kappa shape index (κ2) is 12.4. The summed E-state index contributed by atoms with van der Waals surface area (Å²) in [5.74, 6) is -0.346. The van der Waals surface area contributed by atoms with Crippen molar-refractivity contribution >= 4 is 45.2 Å². The van der Waals surface area contributed by atoms with Crippen LogP contribution in [-0.4, -0.2) is 59.2 Å². The summed E-state index contributed by atoms with van der Waals surface area (Å²) in [6, 6.07) is 14.9. The van der Waals surface area contributed by atoms with E-state index in [1.165, 1.54) is 25.4 Å². The van der Waals surface area contributed by atoms with Gasteiger partial charge in [0, 0.05) is 23.3 Å². The molecule has 0 radical (unpaired) electrons. The molecule has 38 heavy (non-hydrogen) atoms. The van der Waals surface area contributed by atoms with Gasteiger partial charge in [0.05, 0.1) is 36.5 Å². The number of nitrogens with one attached hydrogen (secondary N) is 2. The van der Waals surface area contributed by atoms with Gasteiger partial charge in [0.15, 0.2) is 0 Å². The molecule has 0 aliphatic carbocycles. The lowest BCUT2D eigenvalue weighted by atomic mass is 10.1. The molecule has 3 N–H and O–H groups in total. The average molecular weight is 583 g/mol. The fraction of sp³-hybridized carbons (Fsp3) is 0.259. The minimum absolute atomic E-state index is 0.0419. The largest absolute Gasteiger partial charge is 0.495 e. The minimum atomic E-state index is -1.05. The van der Waals surface area contributed by atoms with E-state index in [0.717, 1.165) is 22.9 Å². The predicted molar refractivity (Wildman–Crippen MR) is 145 cm³/mol. The highest BCUT2D eigenvalue weighted by Crippen LogP contribution is 2.28. The lowest BCUT2D eigenvalue weighted by Gasteiger charge is -2.25. The van der Waals surface area contributed by atoms with E-state index in [0.29, 0.717) is 29.5 Å². The van der Waals surface area contributed by atoms with Gasteiger partial charge < -0.3 is 30.1 Å². The molecule has 198 valence electrons. The van der Waals surface area contributed by atoms with Crippen LogP contribution in [0.5, 0.6) is 11.6 Å². The second-order valence-corrected chi connectivity index (χ2v) is 9.51. The normalized spacial score (nSPS) is 14.6. The maximum absolute atomic E-state index is 13.1. The highest BCUT2D eigenvalue weighted by molar-refractivity contribution is 9.10. The summed E-state index contributed by atoms with van der Waals surface area (Å²) in [6.45, 7) is 0.897. The zero-order valence-corrected chi connectivity index (χ0v) is 22.2. The molecule has 1 aliphatic heterocycles. The maximum atomic E-state index is 13.1. The van der Waals surface area contributed by atoms with Gasteiger partial charge in [-0.15, -0.1) is 0 Å². The van der Waals surface area contributed by atoms with Crippen molar-refractivity contribution in [2.75, 3.05) is 30.9 Å². The van der Waals surface area contributed by atoms with Crippen molar-refractivity contribution in [2.45, 2.75) is 25.3 Å². The number of amides is 3. The van der Waals surface area contributed by atoms with Crippen LogP contribution in [0.15, 0.2) is 65.3 Å². The molecular formula is C27H27BrN4O6. The molecule has 0 bridgehead atoms. The van der Waals surface area contributed by atoms with Crippen LogP contribution in [-0.2, 0) is 11.2 Å². The van der Waals surface area contributed by atoms with Crippen LogP contribution < -0.4 is 20.1 Å². The highest BCUT2D eigenvalue weighted by Gasteiger charge is 2.29. The summed E-state index contributed by atoms with van der Waals surface area (Å²) in [5.41, 5.74) is 1.93. The van der Waals surface area contributed by atoms with E-state index in [-0.39, 0.29) is 30.5 Å². The number of nitrogens with zero attached hydrogens (tertiary/aromatic N) is 2. The number of para-hydroxylation sites is 1. The fourth-order valence-electron chi connectivity index (χ4n) is 4.17. The number of carbonyl (C=O) groups is 3. The van der Waals surface area contributed by atoms with Crippen LogP contribution in [0.2, 0.25) is 0 Å². The molecule has 0 saturated carbocycles. The molecule has 3 amide bonds. The number of pyridine rings is 1. The van der Waals surface area contributed by atoms with Gasteiger partial charge in [-0.05, 0) is 64.7 Å². The van der Waals surface area contributed by atoms with Gasteiger partial charge in [-0.2, -0.15) is 0 Å². The number of urea groups is 1.